The third-order valence-electron chi connectivity index (χ3n) is 6.36. The number of carbonyl (C=O) groups excluding carboxylic acids is 1. The summed E-state index contributed by atoms with van der Waals surface area (Å²) >= 11 is 18.6. The first-order chi connectivity index (χ1) is 19.0. The molecule has 0 atom stereocenters. The predicted octanol–water partition coefficient (Wildman–Crippen LogP) is 8.18. The maximum absolute atomic E-state index is 14.2. The third-order valence-corrected chi connectivity index (χ3v) is 7.21. The van der Waals surface area contributed by atoms with E-state index in [1.165, 1.54) is 12.1 Å². The highest BCUT2D eigenvalue weighted by Gasteiger charge is 2.31. The lowest BCUT2D eigenvalue weighted by atomic mass is 10.2. The van der Waals surface area contributed by atoms with Crippen molar-refractivity contribution in [1.82, 2.24) is 0 Å². The second-order valence-corrected chi connectivity index (χ2v) is 10.1. The van der Waals surface area contributed by atoms with E-state index in [0.29, 0.717) is 32.7 Å². The van der Waals surface area contributed by atoms with Gasteiger partial charge in [0.2, 0.25) is 5.82 Å². The lowest BCUT2D eigenvalue weighted by Gasteiger charge is -2.38. The van der Waals surface area contributed by atoms with Crippen LogP contribution >= 0.6 is 34.8 Å². The molecule has 1 N–H and O–H groups in total. The van der Waals surface area contributed by atoms with Gasteiger partial charge in [0.15, 0.2) is 29.0 Å². The minimum absolute atomic E-state index is 0.0222. The summed E-state index contributed by atoms with van der Waals surface area (Å²) in [7, 11) is 0. The highest BCUT2D eigenvalue weighted by Crippen LogP contribution is 2.35. The van der Waals surface area contributed by atoms with E-state index >= 15 is 0 Å². The van der Waals surface area contributed by atoms with Crippen LogP contribution in [0.1, 0.15) is 10.6 Å². The van der Waals surface area contributed by atoms with Crippen molar-refractivity contribution in [3.05, 3.63) is 98.4 Å². The van der Waals surface area contributed by atoms with E-state index in [4.69, 9.17) is 39.2 Å². The van der Waals surface area contributed by atoms with E-state index in [-0.39, 0.29) is 37.0 Å². The topological polar surface area (TPSA) is 48.7 Å². The van der Waals surface area contributed by atoms with Crippen molar-refractivity contribution in [2.24, 2.45) is 0 Å². The number of piperazine rings is 1. The molecule has 5 rings (SSSR count). The van der Waals surface area contributed by atoms with Crippen LogP contribution < -0.4 is 15.1 Å². The van der Waals surface area contributed by atoms with Gasteiger partial charge in [-0.15, -0.1) is 0 Å². The maximum Gasteiger partial charge on any atom is 0.291 e. The minimum Gasteiger partial charge on any atom is -0.451 e. The van der Waals surface area contributed by atoms with E-state index in [1.54, 1.807) is 41.3 Å². The molecule has 1 saturated heterocycles. The minimum atomic E-state index is -2.20. The summed E-state index contributed by atoms with van der Waals surface area (Å²) < 4.78 is 74.7. The van der Waals surface area contributed by atoms with Crippen LogP contribution in [0.3, 0.4) is 0 Å². The lowest BCUT2D eigenvalue weighted by Crippen LogP contribution is -2.47. The summed E-state index contributed by atoms with van der Waals surface area (Å²) in [4.78, 5) is 15.6. The van der Waals surface area contributed by atoms with Gasteiger partial charge in [0.1, 0.15) is 11.4 Å². The molecule has 0 aliphatic carbocycles. The summed E-state index contributed by atoms with van der Waals surface area (Å²) in [5.74, 6) is -10.0. The van der Waals surface area contributed by atoms with Crippen molar-refractivity contribution >= 4 is 57.8 Å². The first-order valence-electron chi connectivity index (χ1n) is 11.7. The Balaban J connectivity index is 1.25. The van der Waals surface area contributed by atoms with Crippen molar-refractivity contribution in [2.45, 2.75) is 0 Å². The highest BCUT2D eigenvalue weighted by atomic mass is 35.5. The van der Waals surface area contributed by atoms with E-state index < -0.39 is 40.7 Å². The highest BCUT2D eigenvalue weighted by molar-refractivity contribution is 6.36. The largest absolute Gasteiger partial charge is 0.451 e. The van der Waals surface area contributed by atoms with Gasteiger partial charge in [-0.2, -0.15) is 0 Å². The van der Waals surface area contributed by atoms with Crippen LogP contribution in [0.2, 0.25) is 15.1 Å². The normalized spacial score (nSPS) is 13.6. The van der Waals surface area contributed by atoms with Gasteiger partial charge in [-0.3, -0.25) is 4.79 Å². The zero-order valence-corrected chi connectivity index (χ0v) is 22.4. The fraction of sp³-hybridized carbons (Fsp3) is 0.148. The number of benzene rings is 3. The van der Waals surface area contributed by atoms with Gasteiger partial charge in [-0.25, -0.2) is 22.0 Å². The van der Waals surface area contributed by atoms with Gasteiger partial charge in [-0.05, 0) is 48.5 Å². The Hall–Kier alpha value is -3.47. The first kappa shape index (κ1) is 28.1. The molecule has 5 nitrogen and oxygen atoms in total. The molecule has 1 amide bonds. The Bertz CT molecular complexity index is 1590. The number of nitrogens with zero attached hydrogens (tertiary/aromatic N) is 2. The van der Waals surface area contributed by atoms with Crippen LogP contribution in [0.15, 0.2) is 52.9 Å². The summed E-state index contributed by atoms with van der Waals surface area (Å²) in [6.07, 6.45) is 0. The monoisotopic (exact) mass is 615 g/mol. The third kappa shape index (κ3) is 5.31. The number of carbonyl (C=O) groups is 1. The number of hydrogen-bond donors (Lipinski definition) is 1. The molecular weight excluding hydrogens is 600 g/mol. The Morgan fingerprint density at radius 3 is 1.98 bits per heavy atom. The van der Waals surface area contributed by atoms with Gasteiger partial charge in [0.05, 0.1) is 15.7 Å². The Labute approximate surface area is 239 Å². The fourth-order valence-corrected chi connectivity index (χ4v) is 5.17. The number of halogens is 8. The molecule has 208 valence electrons. The molecule has 1 fully saturated rings. The molecule has 0 saturated carbocycles. The smallest absolute Gasteiger partial charge is 0.291 e. The molecule has 13 heteroatoms. The van der Waals surface area contributed by atoms with Crippen molar-refractivity contribution < 1.29 is 31.2 Å². The summed E-state index contributed by atoms with van der Waals surface area (Å²) in [6.45, 7) is 0.331. The molecule has 40 heavy (non-hydrogen) atoms. The second kappa shape index (κ2) is 11.2. The van der Waals surface area contributed by atoms with E-state index in [9.17, 15) is 26.7 Å². The Morgan fingerprint density at radius 1 is 0.725 bits per heavy atom. The standard InChI is InChI=1S/C27H17Cl3F5N3O2/c28-13-1-3-15(16(29)11-13)19-5-6-20(40-19)27(39)36-14-2-4-18(17(30)12-14)37-7-9-38(10-8-37)26-24(34)22(32)21(31)23(33)25(26)35/h1-6,11-12H,7-10H2,(H,36,39). The molecule has 0 unspecified atom stereocenters. The van der Waals surface area contributed by atoms with Crippen LogP contribution in [0, 0.1) is 29.1 Å². The van der Waals surface area contributed by atoms with Gasteiger partial charge < -0.3 is 19.5 Å². The van der Waals surface area contributed by atoms with Crippen molar-refractivity contribution in [2.75, 3.05) is 41.3 Å². The van der Waals surface area contributed by atoms with E-state index in [1.807, 2.05) is 0 Å². The first-order valence-corrected chi connectivity index (χ1v) is 12.9. The Morgan fingerprint density at radius 2 is 1.35 bits per heavy atom. The number of rotatable bonds is 5. The maximum atomic E-state index is 14.2. The lowest BCUT2D eigenvalue weighted by molar-refractivity contribution is 0.0997. The van der Waals surface area contributed by atoms with Gasteiger partial charge >= 0.3 is 0 Å². The summed E-state index contributed by atoms with van der Waals surface area (Å²) in [6, 6.07) is 12.7. The van der Waals surface area contributed by atoms with Gasteiger partial charge in [-0.1, -0.05) is 34.8 Å². The van der Waals surface area contributed by atoms with Crippen molar-refractivity contribution in [1.29, 1.82) is 0 Å². The van der Waals surface area contributed by atoms with E-state index in [2.05, 4.69) is 5.32 Å². The number of anilines is 3. The van der Waals surface area contributed by atoms with Crippen molar-refractivity contribution in [3.8, 4) is 11.3 Å². The molecule has 1 aliphatic rings. The quantitative estimate of drug-likeness (QED) is 0.140. The van der Waals surface area contributed by atoms with Gasteiger partial charge in [0, 0.05) is 42.5 Å². The summed E-state index contributed by atoms with van der Waals surface area (Å²) in [5, 5.41) is 3.79. The van der Waals surface area contributed by atoms with E-state index in [0.717, 1.165) is 4.90 Å². The number of amides is 1. The van der Waals surface area contributed by atoms with Crippen LogP contribution in [0.5, 0.6) is 0 Å². The average Bonchev–Trinajstić information content (AvgIpc) is 3.42. The molecule has 1 aliphatic heterocycles. The average molecular weight is 617 g/mol. The Kier molecular flexibility index (Phi) is 7.85. The SMILES string of the molecule is O=C(Nc1ccc(N2CCN(c3c(F)c(F)c(F)c(F)c3F)CC2)c(Cl)c1)c1ccc(-c2ccc(Cl)cc2Cl)o1. The fourth-order valence-electron chi connectivity index (χ4n) is 4.37. The molecule has 0 bridgehead atoms. The molecule has 1 aromatic heterocycles. The molecular formula is C27H17Cl3F5N3O2. The number of nitrogens with one attached hydrogen (secondary N) is 1. The van der Waals surface area contributed by atoms with Crippen LogP contribution in [-0.4, -0.2) is 32.1 Å². The van der Waals surface area contributed by atoms with Crippen LogP contribution in [-0.2, 0) is 0 Å². The summed E-state index contributed by atoms with van der Waals surface area (Å²) in [5.41, 5.74) is 0.549. The van der Waals surface area contributed by atoms with Crippen LogP contribution in [0.4, 0.5) is 39.0 Å². The molecule has 4 aromatic rings. The molecule has 0 spiro atoms. The van der Waals surface area contributed by atoms with Gasteiger partial charge in [0.25, 0.3) is 5.91 Å². The van der Waals surface area contributed by atoms with Crippen molar-refractivity contribution in [3.63, 3.8) is 0 Å². The second-order valence-electron chi connectivity index (χ2n) is 8.80. The zero-order chi connectivity index (χ0) is 28.7. The molecule has 0 radical (unpaired) electrons. The number of furan rings is 1. The molecule has 2 heterocycles. The zero-order valence-electron chi connectivity index (χ0n) is 20.2. The van der Waals surface area contributed by atoms with Crippen LogP contribution in [0.25, 0.3) is 11.3 Å². The molecule has 3 aromatic carbocycles. The number of hydrogen-bond acceptors (Lipinski definition) is 4. The predicted molar refractivity (Wildman–Crippen MR) is 144 cm³/mol.